The normalized spacial score (nSPS) is 18.1. The molecule has 17 heavy (non-hydrogen) atoms. The summed E-state index contributed by atoms with van der Waals surface area (Å²) >= 11 is 1.88. The predicted octanol–water partition coefficient (Wildman–Crippen LogP) is 2.02. The molecule has 0 unspecified atom stereocenters. The zero-order valence-electron chi connectivity index (χ0n) is 11.3. The third-order valence-corrected chi connectivity index (χ3v) is 5.60. The van der Waals surface area contributed by atoms with Crippen molar-refractivity contribution in [3.8, 4) is 0 Å². The number of carbonyl (C=O) groups excluding carboxylic acids is 1. The number of amides is 1. The lowest BCUT2D eigenvalue weighted by Crippen LogP contribution is -2.44. The Kier molecular flexibility index (Phi) is 6.34. The van der Waals surface area contributed by atoms with E-state index in [1.165, 1.54) is 0 Å². The van der Waals surface area contributed by atoms with Crippen LogP contribution in [0.1, 0.15) is 39.5 Å². The predicted molar refractivity (Wildman–Crippen MR) is 75.4 cm³/mol. The van der Waals surface area contributed by atoms with Crippen LogP contribution in [0.4, 0.5) is 0 Å². The molecule has 0 aromatic carbocycles. The van der Waals surface area contributed by atoms with E-state index in [4.69, 9.17) is 0 Å². The number of rotatable bonds is 6. The summed E-state index contributed by atoms with van der Waals surface area (Å²) in [4.78, 5) is 12.0. The zero-order chi connectivity index (χ0) is 12.7. The quantitative estimate of drug-likeness (QED) is 0.766. The van der Waals surface area contributed by atoms with Crippen LogP contribution in [0, 0.1) is 5.92 Å². The van der Waals surface area contributed by atoms with Gasteiger partial charge in [-0.15, -0.1) is 0 Å². The topological polar surface area (TPSA) is 41.1 Å². The molecule has 0 aromatic heterocycles. The smallest absolute Gasteiger partial charge is 0.223 e. The first kappa shape index (κ1) is 14.8. The summed E-state index contributed by atoms with van der Waals surface area (Å²) in [5.41, 5.74) is 0. The summed E-state index contributed by atoms with van der Waals surface area (Å²) in [6, 6.07) is 0. The summed E-state index contributed by atoms with van der Waals surface area (Å²) in [6.07, 6.45) is 6.32. The van der Waals surface area contributed by atoms with Gasteiger partial charge in [0.05, 0.1) is 0 Å². The molecule has 1 heterocycles. The van der Waals surface area contributed by atoms with Gasteiger partial charge in [-0.25, -0.2) is 0 Å². The number of hydrogen-bond acceptors (Lipinski definition) is 3. The van der Waals surface area contributed by atoms with Crippen molar-refractivity contribution < 1.29 is 4.79 Å². The summed E-state index contributed by atoms with van der Waals surface area (Å²) in [6.45, 7) is 7.18. The lowest BCUT2D eigenvalue weighted by atomic mass is 9.96. The third-order valence-electron chi connectivity index (χ3n) is 4.02. The van der Waals surface area contributed by atoms with Crippen molar-refractivity contribution >= 4 is 17.7 Å². The Bertz CT molecular complexity index is 227. The minimum atomic E-state index is 0.225. The molecule has 4 heteroatoms. The van der Waals surface area contributed by atoms with E-state index in [9.17, 15) is 4.79 Å². The van der Waals surface area contributed by atoms with Crippen LogP contribution in [-0.4, -0.2) is 36.5 Å². The molecule has 0 aliphatic carbocycles. The second-order valence-electron chi connectivity index (χ2n) is 4.84. The van der Waals surface area contributed by atoms with Crippen molar-refractivity contribution in [1.29, 1.82) is 0 Å². The molecular weight excluding hydrogens is 232 g/mol. The molecule has 0 saturated carbocycles. The molecule has 0 bridgehead atoms. The Morgan fingerprint density at radius 2 is 1.94 bits per heavy atom. The molecular formula is C13H26N2OS. The van der Waals surface area contributed by atoms with E-state index in [2.05, 4.69) is 30.7 Å². The average Bonchev–Trinajstić information content (AvgIpc) is 2.41. The Labute approximate surface area is 109 Å². The van der Waals surface area contributed by atoms with Gasteiger partial charge in [-0.1, -0.05) is 13.8 Å². The van der Waals surface area contributed by atoms with Crippen molar-refractivity contribution in [1.82, 2.24) is 10.6 Å². The third kappa shape index (κ3) is 4.18. The van der Waals surface area contributed by atoms with E-state index in [0.29, 0.717) is 0 Å². The molecule has 0 radical (unpaired) electrons. The van der Waals surface area contributed by atoms with Gasteiger partial charge >= 0.3 is 0 Å². The Morgan fingerprint density at radius 3 is 2.41 bits per heavy atom. The number of carbonyl (C=O) groups is 1. The first-order chi connectivity index (χ1) is 8.17. The summed E-state index contributed by atoms with van der Waals surface area (Å²) in [5.74, 6) is 0.483. The Morgan fingerprint density at radius 1 is 1.35 bits per heavy atom. The lowest BCUT2D eigenvalue weighted by molar-refractivity contribution is -0.125. The average molecular weight is 258 g/mol. The lowest BCUT2D eigenvalue weighted by Gasteiger charge is -2.31. The van der Waals surface area contributed by atoms with Crippen molar-refractivity contribution in [3.05, 3.63) is 0 Å². The van der Waals surface area contributed by atoms with Gasteiger partial charge in [0, 0.05) is 17.2 Å². The number of nitrogens with one attached hydrogen (secondary N) is 2. The highest BCUT2D eigenvalue weighted by atomic mass is 32.2. The molecule has 1 amide bonds. The molecule has 1 fully saturated rings. The first-order valence-electron chi connectivity index (χ1n) is 6.71. The van der Waals surface area contributed by atoms with Gasteiger partial charge in [-0.05, 0) is 45.0 Å². The zero-order valence-corrected chi connectivity index (χ0v) is 12.2. The van der Waals surface area contributed by atoms with Crippen LogP contribution < -0.4 is 10.6 Å². The fraction of sp³-hybridized carbons (Fsp3) is 0.923. The van der Waals surface area contributed by atoms with Crippen molar-refractivity contribution in [3.63, 3.8) is 0 Å². The second-order valence-corrected chi connectivity index (χ2v) is 6.11. The molecule has 3 nitrogen and oxygen atoms in total. The number of piperidine rings is 1. The maximum absolute atomic E-state index is 12.0. The SMILES string of the molecule is CCC(CC)(CNC(=O)C1CCNCC1)SC. The maximum atomic E-state index is 12.0. The van der Waals surface area contributed by atoms with Gasteiger partial charge in [0.2, 0.25) is 5.91 Å². The highest BCUT2D eigenvalue weighted by Crippen LogP contribution is 2.29. The van der Waals surface area contributed by atoms with Gasteiger partial charge in [-0.3, -0.25) is 4.79 Å². The van der Waals surface area contributed by atoms with Gasteiger partial charge in [0.1, 0.15) is 0 Å². The van der Waals surface area contributed by atoms with Crippen molar-refractivity contribution in [2.75, 3.05) is 25.9 Å². The molecule has 100 valence electrons. The summed E-state index contributed by atoms with van der Waals surface area (Å²) < 4.78 is 0.225. The van der Waals surface area contributed by atoms with E-state index >= 15 is 0 Å². The highest BCUT2D eigenvalue weighted by Gasteiger charge is 2.27. The molecule has 1 aliphatic heterocycles. The minimum absolute atomic E-state index is 0.225. The Hall–Kier alpha value is -0.220. The van der Waals surface area contributed by atoms with Gasteiger partial charge in [0.25, 0.3) is 0 Å². The second kappa shape index (κ2) is 7.27. The fourth-order valence-corrected chi connectivity index (χ4v) is 3.13. The molecule has 0 atom stereocenters. The number of hydrogen-bond donors (Lipinski definition) is 2. The molecule has 1 rings (SSSR count). The monoisotopic (exact) mass is 258 g/mol. The van der Waals surface area contributed by atoms with Crippen LogP contribution in [-0.2, 0) is 4.79 Å². The standard InChI is InChI=1S/C13H26N2OS/c1-4-13(5-2,17-3)10-15-12(16)11-6-8-14-9-7-11/h11,14H,4-10H2,1-3H3,(H,15,16). The summed E-state index contributed by atoms with van der Waals surface area (Å²) in [5, 5.41) is 6.45. The maximum Gasteiger partial charge on any atom is 0.223 e. The van der Waals surface area contributed by atoms with Crippen molar-refractivity contribution in [2.24, 2.45) is 5.92 Å². The van der Waals surface area contributed by atoms with Gasteiger partial charge in [0.15, 0.2) is 0 Å². The first-order valence-corrected chi connectivity index (χ1v) is 7.93. The fourth-order valence-electron chi connectivity index (χ4n) is 2.34. The van der Waals surface area contributed by atoms with E-state index in [1.54, 1.807) is 0 Å². The van der Waals surface area contributed by atoms with Gasteiger partial charge in [-0.2, -0.15) is 11.8 Å². The van der Waals surface area contributed by atoms with E-state index in [0.717, 1.165) is 45.3 Å². The number of thioether (sulfide) groups is 1. The summed E-state index contributed by atoms with van der Waals surface area (Å²) in [7, 11) is 0. The van der Waals surface area contributed by atoms with Crippen LogP contribution in [0.5, 0.6) is 0 Å². The van der Waals surface area contributed by atoms with Crippen LogP contribution in [0.2, 0.25) is 0 Å². The van der Waals surface area contributed by atoms with Crippen LogP contribution in [0.3, 0.4) is 0 Å². The highest BCUT2D eigenvalue weighted by molar-refractivity contribution is 8.00. The molecule has 0 aromatic rings. The van der Waals surface area contributed by atoms with Crippen LogP contribution in [0.15, 0.2) is 0 Å². The Balaban J connectivity index is 2.40. The molecule has 1 aliphatic rings. The molecule has 1 saturated heterocycles. The van der Waals surface area contributed by atoms with Gasteiger partial charge < -0.3 is 10.6 Å². The van der Waals surface area contributed by atoms with Crippen LogP contribution >= 0.6 is 11.8 Å². The molecule has 2 N–H and O–H groups in total. The largest absolute Gasteiger partial charge is 0.354 e. The van der Waals surface area contributed by atoms with E-state index < -0.39 is 0 Å². The minimum Gasteiger partial charge on any atom is -0.354 e. The molecule has 0 spiro atoms. The van der Waals surface area contributed by atoms with E-state index in [1.807, 2.05) is 11.8 Å². The van der Waals surface area contributed by atoms with Crippen LogP contribution in [0.25, 0.3) is 0 Å². The van der Waals surface area contributed by atoms with E-state index in [-0.39, 0.29) is 16.6 Å². The van der Waals surface area contributed by atoms with Crippen molar-refractivity contribution in [2.45, 2.75) is 44.3 Å².